The number of aliphatic carboxylic acids is 1. The van der Waals surface area contributed by atoms with Crippen LogP contribution in [0.1, 0.15) is 12.6 Å². The van der Waals surface area contributed by atoms with Crippen LogP contribution in [0.15, 0.2) is 12.1 Å². The number of alkyl halides is 5. The summed E-state index contributed by atoms with van der Waals surface area (Å²) in [6, 6.07) is 1.46. The van der Waals surface area contributed by atoms with Gasteiger partial charge in [-0.2, -0.15) is 22.0 Å². The molecule has 1 atom stereocenters. The van der Waals surface area contributed by atoms with Crippen LogP contribution in [-0.4, -0.2) is 27.9 Å². The predicted octanol–water partition coefficient (Wildman–Crippen LogP) is 6.30. The zero-order chi connectivity index (χ0) is 22.5. The molecular weight excluding hydrogens is 475 g/mol. The first-order valence-electron chi connectivity index (χ1n) is 7.48. The quantitative estimate of drug-likeness (QED) is 0.507. The zero-order valence-electron chi connectivity index (χ0n) is 14.3. The molecule has 1 N–H and O–H groups in total. The van der Waals surface area contributed by atoms with E-state index in [4.69, 9.17) is 44.6 Å². The van der Waals surface area contributed by atoms with Gasteiger partial charge in [0.2, 0.25) is 0 Å². The van der Waals surface area contributed by atoms with Gasteiger partial charge in [0.25, 0.3) is 0 Å². The Labute approximate surface area is 174 Å². The molecule has 160 valence electrons. The Kier molecular flexibility index (Phi) is 6.33. The minimum atomic E-state index is -5.99. The summed E-state index contributed by atoms with van der Waals surface area (Å²) in [6.45, 7) is 1.13. The molecule has 0 fully saturated rings. The van der Waals surface area contributed by atoms with E-state index in [2.05, 4.69) is 0 Å². The third-order valence-corrected chi connectivity index (χ3v) is 4.97. The van der Waals surface area contributed by atoms with Crippen LogP contribution in [0.25, 0.3) is 11.1 Å². The smallest absolute Gasteiger partial charge is 0.459 e. The number of aromatic nitrogens is 1. The third-order valence-electron chi connectivity index (χ3n) is 3.86. The Morgan fingerprint density at radius 3 is 2.21 bits per heavy atom. The summed E-state index contributed by atoms with van der Waals surface area (Å²) in [4.78, 5) is 10.9. The second-order valence-corrected chi connectivity index (χ2v) is 6.96. The summed E-state index contributed by atoms with van der Waals surface area (Å²) in [6.07, 6.45) is -7.43. The van der Waals surface area contributed by atoms with E-state index in [1.165, 1.54) is 0 Å². The van der Waals surface area contributed by atoms with Crippen molar-refractivity contribution in [3.63, 3.8) is 0 Å². The SMILES string of the molecule is CC(Oc1cc(-c2c(Cl)c(C(F)(F)C(F)(F)F)n(C)c2Cl)c(F)cc1Cl)C(=O)O. The molecule has 29 heavy (non-hydrogen) atoms. The Hall–Kier alpha value is -1.78. The van der Waals surface area contributed by atoms with E-state index in [-0.39, 0.29) is 15.3 Å². The number of nitrogens with zero attached hydrogens (tertiary/aromatic N) is 1. The van der Waals surface area contributed by atoms with E-state index in [0.717, 1.165) is 20.0 Å². The molecule has 4 nitrogen and oxygen atoms in total. The Morgan fingerprint density at radius 1 is 1.17 bits per heavy atom. The van der Waals surface area contributed by atoms with Crippen molar-refractivity contribution in [2.75, 3.05) is 0 Å². The molecule has 0 spiro atoms. The molecule has 0 radical (unpaired) electrons. The number of halogens is 9. The first-order valence-corrected chi connectivity index (χ1v) is 8.62. The Balaban J connectivity index is 2.74. The minimum absolute atomic E-state index is 0.279. The van der Waals surface area contributed by atoms with Gasteiger partial charge in [-0.25, -0.2) is 9.18 Å². The molecule has 0 aliphatic heterocycles. The average molecular weight is 485 g/mol. The molecule has 1 aromatic carbocycles. The fourth-order valence-corrected chi connectivity index (χ4v) is 3.35. The normalized spacial score (nSPS) is 13.5. The second kappa shape index (κ2) is 7.81. The monoisotopic (exact) mass is 483 g/mol. The van der Waals surface area contributed by atoms with Gasteiger partial charge in [0, 0.05) is 18.2 Å². The Bertz CT molecular complexity index is 974. The lowest BCUT2D eigenvalue weighted by Crippen LogP contribution is -2.35. The number of hydrogen-bond donors (Lipinski definition) is 1. The van der Waals surface area contributed by atoms with Crippen molar-refractivity contribution in [3.05, 3.63) is 38.8 Å². The van der Waals surface area contributed by atoms with Crippen molar-refractivity contribution in [3.8, 4) is 16.9 Å². The highest BCUT2D eigenvalue weighted by Gasteiger charge is 2.61. The number of benzene rings is 1. The van der Waals surface area contributed by atoms with Gasteiger partial charge in [-0.05, 0) is 19.1 Å². The van der Waals surface area contributed by atoms with Crippen LogP contribution in [0.3, 0.4) is 0 Å². The van der Waals surface area contributed by atoms with E-state index >= 15 is 0 Å². The minimum Gasteiger partial charge on any atom is -0.479 e. The molecule has 13 heteroatoms. The Morgan fingerprint density at radius 2 is 1.72 bits per heavy atom. The van der Waals surface area contributed by atoms with E-state index in [0.29, 0.717) is 6.07 Å². The van der Waals surface area contributed by atoms with E-state index < -0.39 is 57.0 Å². The van der Waals surface area contributed by atoms with Crippen LogP contribution in [0, 0.1) is 5.82 Å². The van der Waals surface area contributed by atoms with E-state index in [1.807, 2.05) is 0 Å². The van der Waals surface area contributed by atoms with E-state index in [1.54, 1.807) is 0 Å². The zero-order valence-corrected chi connectivity index (χ0v) is 16.6. The highest BCUT2D eigenvalue weighted by Crippen LogP contribution is 2.52. The molecule has 0 bridgehead atoms. The van der Waals surface area contributed by atoms with Gasteiger partial charge in [0.1, 0.15) is 22.4 Å². The fourth-order valence-electron chi connectivity index (χ4n) is 2.39. The summed E-state index contributed by atoms with van der Waals surface area (Å²) >= 11 is 17.4. The van der Waals surface area contributed by atoms with Crippen LogP contribution in [0.5, 0.6) is 5.75 Å². The maximum atomic E-state index is 14.5. The number of carbonyl (C=O) groups is 1. The molecule has 0 aliphatic carbocycles. The van der Waals surface area contributed by atoms with Crippen molar-refractivity contribution in [1.82, 2.24) is 4.57 Å². The first kappa shape index (κ1) is 23.5. The van der Waals surface area contributed by atoms with Crippen LogP contribution in [0.4, 0.5) is 26.3 Å². The molecule has 1 aromatic heterocycles. The molecule has 0 aliphatic rings. The van der Waals surface area contributed by atoms with Crippen molar-refractivity contribution in [1.29, 1.82) is 0 Å². The van der Waals surface area contributed by atoms with Crippen molar-refractivity contribution in [2.45, 2.75) is 25.1 Å². The fraction of sp³-hybridized carbons (Fsp3) is 0.312. The molecule has 1 heterocycles. The molecule has 0 saturated heterocycles. The van der Waals surface area contributed by atoms with Crippen LogP contribution >= 0.6 is 34.8 Å². The highest BCUT2D eigenvalue weighted by molar-refractivity contribution is 6.40. The standard InChI is InChI=1S/C16H10Cl3F6NO3/c1-5(14(27)28)29-9-3-6(8(20)4-7(9)17)10-11(18)12(26(2)13(10)19)15(21,22)16(23,24)25/h3-5H,1-2H3,(H,27,28). The molecular formula is C16H10Cl3F6NO3. The molecule has 0 amide bonds. The van der Waals surface area contributed by atoms with Gasteiger partial charge in [-0.1, -0.05) is 34.8 Å². The van der Waals surface area contributed by atoms with Gasteiger partial charge < -0.3 is 14.4 Å². The third kappa shape index (κ3) is 4.10. The van der Waals surface area contributed by atoms with Gasteiger partial charge in [-0.3, -0.25) is 0 Å². The van der Waals surface area contributed by atoms with Crippen molar-refractivity contribution >= 4 is 40.8 Å². The maximum Gasteiger partial charge on any atom is 0.459 e. The molecule has 2 rings (SSSR count). The lowest BCUT2D eigenvalue weighted by molar-refractivity contribution is -0.291. The molecule has 0 saturated carbocycles. The number of rotatable bonds is 5. The second-order valence-electron chi connectivity index (χ2n) is 5.82. The average Bonchev–Trinajstić information content (AvgIpc) is 2.79. The first-order chi connectivity index (χ1) is 13.1. The summed E-state index contributed by atoms with van der Waals surface area (Å²) in [7, 11) is 0.796. The van der Waals surface area contributed by atoms with Crippen molar-refractivity contribution in [2.24, 2.45) is 7.05 Å². The van der Waals surface area contributed by atoms with Crippen LogP contribution < -0.4 is 4.74 Å². The topological polar surface area (TPSA) is 51.5 Å². The molecule has 2 aromatic rings. The van der Waals surface area contributed by atoms with Gasteiger partial charge in [0.15, 0.2) is 6.10 Å². The van der Waals surface area contributed by atoms with E-state index in [9.17, 15) is 31.1 Å². The number of hydrogen-bond acceptors (Lipinski definition) is 2. The van der Waals surface area contributed by atoms with Gasteiger partial charge in [0.05, 0.1) is 10.0 Å². The van der Waals surface area contributed by atoms with Crippen LogP contribution in [0.2, 0.25) is 15.2 Å². The lowest BCUT2D eigenvalue weighted by Gasteiger charge is -2.20. The number of ether oxygens (including phenoxy) is 1. The number of carboxylic acid groups (broad SMARTS) is 1. The maximum absolute atomic E-state index is 14.5. The summed E-state index contributed by atoms with van der Waals surface area (Å²) in [5, 5.41) is 6.66. The van der Waals surface area contributed by atoms with Gasteiger partial charge >= 0.3 is 18.1 Å². The summed E-state index contributed by atoms with van der Waals surface area (Å²) in [5.74, 6) is -8.32. The van der Waals surface area contributed by atoms with Gasteiger partial charge in [-0.15, -0.1) is 0 Å². The molecule has 1 unspecified atom stereocenters. The summed E-state index contributed by atoms with van der Waals surface area (Å²) < 4.78 is 86.0. The highest BCUT2D eigenvalue weighted by atomic mass is 35.5. The van der Waals surface area contributed by atoms with Crippen LogP contribution in [-0.2, 0) is 17.8 Å². The largest absolute Gasteiger partial charge is 0.479 e. The van der Waals surface area contributed by atoms with Crippen molar-refractivity contribution < 1.29 is 41.0 Å². The lowest BCUT2D eigenvalue weighted by atomic mass is 10.1. The number of carboxylic acids is 1. The predicted molar refractivity (Wildman–Crippen MR) is 93.5 cm³/mol. The summed E-state index contributed by atoms with van der Waals surface area (Å²) in [5.41, 5.74) is -2.98.